The van der Waals surface area contributed by atoms with Crippen LogP contribution >= 0.6 is 0 Å². The summed E-state index contributed by atoms with van der Waals surface area (Å²) in [5, 5.41) is 39.1. The standard InChI is InChI=1S/C70H52F12N2O4/c71-67(72,73)53-35-51(36-54(39-53)68(74,75)76)65(85,47-19-3-1-4-20-47)49-29-25-45-17-11-13-33-87-61-31-27-43-15-7-9-23-57(43)63(61)64-58-24-10-8-16-44(58)28-32-62(64)88-34-14-12-18-46-26-30-50(42-60(46)84-83-59(45)41-49)66(86,48-21-5-2-6-22-48)52-37-55(69(77,78)79)40-56(38-52)70(80,81)82/h1-10,15-16,19-32,35-42,85-86H,11-14,17-18,33-34H2. The van der Waals surface area contributed by atoms with Crippen LogP contribution in [0.2, 0.25) is 0 Å². The van der Waals surface area contributed by atoms with E-state index in [1.165, 1.54) is 97.1 Å². The molecule has 11 rings (SSSR count). The molecule has 0 saturated heterocycles. The van der Waals surface area contributed by atoms with Gasteiger partial charge in [0.15, 0.2) is 0 Å². The fourth-order valence-corrected chi connectivity index (χ4v) is 11.4. The summed E-state index contributed by atoms with van der Waals surface area (Å²) in [6, 6.07) is 47.7. The van der Waals surface area contributed by atoms with E-state index in [-0.39, 0.29) is 71.8 Å². The highest BCUT2D eigenvalue weighted by atomic mass is 19.4. The molecule has 2 atom stereocenters. The number of nitrogens with zero attached hydrogens (tertiary/aromatic N) is 2. The van der Waals surface area contributed by atoms with Crippen LogP contribution in [0.1, 0.15) is 92.4 Å². The number of azo groups is 1. The van der Waals surface area contributed by atoms with Crippen molar-refractivity contribution >= 4 is 32.9 Å². The molecule has 0 aromatic heterocycles. The Bertz CT molecular complexity index is 3890. The molecule has 0 radical (unpaired) electrons. The molecule has 0 aliphatic carbocycles. The highest BCUT2D eigenvalue weighted by Crippen LogP contribution is 2.49. The number of fused-ring (bicyclic) bond motifs is 9. The van der Waals surface area contributed by atoms with E-state index in [1.54, 1.807) is 0 Å². The van der Waals surface area contributed by atoms with Gasteiger partial charge in [0, 0.05) is 11.1 Å². The number of aryl methyl sites for hydroxylation is 2. The van der Waals surface area contributed by atoms with Crippen molar-refractivity contribution in [2.45, 2.75) is 74.4 Å². The minimum Gasteiger partial charge on any atom is -0.493 e. The second-order valence-electron chi connectivity index (χ2n) is 21.6. The van der Waals surface area contributed by atoms with Crippen LogP contribution in [-0.2, 0) is 48.7 Å². The van der Waals surface area contributed by atoms with Crippen molar-refractivity contribution in [3.8, 4) is 22.6 Å². The number of alkyl halides is 12. The van der Waals surface area contributed by atoms with E-state index in [9.17, 15) is 62.9 Å². The second kappa shape index (κ2) is 23.9. The number of hydrogen-bond donors (Lipinski definition) is 2. The van der Waals surface area contributed by atoms with Crippen molar-refractivity contribution in [1.82, 2.24) is 0 Å². The Kier molecular flexibility index (Phi) is 16.5. The Labute approximate surface area is 497 Å². The van der Waals surface area contributed by atoms with Gasteiger partial charge in [0.05, 0.1) is 46.8 Å². The zero-order valence-corrected chi connectivity index (χ0v) is 46.4. The Morgan fingerprint density at radius 3 is 0.989 bits per heavy atom. The summed E-state index contributed by atoms with van der Waals surface area (Å²) < 4.78 is 188. The summed E-state index contributed by atoms with van der Waals surface area (Å²) in [4.78, 5) is 0. The lowest BCUT2D eigenvalue weighted by Crippen LogP contribution is -2.30. The number of benzene rings is 10. The molecule has 10 aromatic rings. The van der Waals surface area contributed by atoms with E-state index in [0.29, 0.717) is 72.6 Å². The highest BCUT2D eigenvalue weighted by Gasteiger charge is 2.44. The van der Waals surface area contributed by atoms with Crippen LogP contribution < -0.4 is 9.47 Å². The summed E-state index contributed by atoms with van der Waals surface area (Å²) in [5.41, 5.74) is -12.0. The van der Waals surface area contributed by atoms with Gasteiger partial charge in [0.1, 0.15) is 22.7 Å². The number of ether oxygens (including phenoxy) is 2. The van der Waals surface area contributed by atoms with Crippen LogP contribution in [0.25, 0.3) is 32.7 Å². The molecule has 18 heteroatoms. The zero-order valence-electron chi connectivity index (χ0n) is 46.4. The maximum absolute atomic E-state index is 14.6. The first-order valence-electron chi connectivity index (χ1n) is 28.0. The third kappa shape index (κ3) is 12.3. The van der Waals surface area contributed by atoms with Gasteiger partial charge in [-0.1, -0.05) is 146 Å². The van der Waals surface area contributed by atoms with Gasteiger partial charge < -0.3 is 19.7 Å². The Hall–Kier alpha value is -9.00. The number of hydrogen-bond acceptors (Lipinski definition) is 6. The quantitative estimate of drug-likeness (QED) is 0.128. The van der Waals surface area contributed by atoms with Crippen molar-refractivity contribution in [1.29, 1.82) is 0 Å². The second-order valence-corrected chi connectivity index (χ2v) is 21.6. The SMILES string of the molecule is OC(c1ccccc1)(c1cc(C(F)(F)F)cc(C(F)(F)F)c1)c1ccc2c(c1)N=Nc1cc(C(O)(c3ccccc3)c3cc(C(F)(F)F)cc(C(F)(F)F)c3)ccc1CCCCOc1ccc3ccccc3c1-c1c(ccc3ccccc13)OCCCC2. The molecule has 1 aliphatic rings. The number of halogens is 12. The molecule has 6 nitrogen and oxygen atoms in total. The first kappa shape index (κ1) is 60.7. The molecule has 0 spiro atoms. The monoisotopic (exact) mass is 1210 g/mol. The van der Waals surface area contributed by atoms with Crippen LogP contribution in [0.15, 0.2) is 216 Å². The maximum Gasteiger partial charge on any atom is 0.416 e. The number of aliphatic hydroxyl groups is 2. The fourth-order valence-electron chi connectivity index (χ4n) is 11.4. The third-order valence-corrected chi connectivity index (χ3v) is 15.9. The topological polar surface area (TPSA) is 83.6 Å². The minimum absolute atomic E-state index is 0.0266. The van der Waals surface area contributed by atoms with E-state index in [2.05, 4.69) is 10.2 Å². The summed E-state index contributed by atoms with van der Waals surface area (Å²) in [5.74, 6) is 1.17. The minimum atomic E-state index is -5.29. The van der Waals surface area contributed by atoms with Crippen molar-refractivity contribution in [3.63, 3.8) is 0 Å². The van der Waals surface area contributed by atoms with Gasteiger partial charge in [0.2, 0.25) is 0 Å². The van der Waals surface area contributed by atoms with E-state index < -0.39 is 69.3 Å². The number of rotatable bonds is 6. The smallest absolute Gasteiger partial charge is 0.416 e. The highest BCUT2D eigenvalue weighted by molar-refractivity contribution is 6.09. The first-order chi connectivity index (χ1) is 41.9. The van der Waals surface area contributed by atoms with Crippen LogP contribution in [-0.4, -0.2) is 23.4 Å². The zero-order chi connectivity index (χ0) is 62.2. The predicted octanol–water partition coefficient (Wildman–Crippen LogP) is 19.8. The summed E-state index contributed by atoms with van der Waals surface area (Å²) >= 11 is 0. The van der Waals surface area contributed by atoms with Gasteiger partial charge in [-0.2, -0.15) is 62.9 Å². The average molecular weight is 1210 g/mol. The lowest BCUT2D eigenvalue weighted by atomic mass is 9.78. The summed E-state index contributed by atoms with van der Waals surface area (Å²) in [6.07, 6.45) is -19.2. The van der Waals surface area contributed by atoms with Crippen molar-refractivity contribution in [3.05, 3.63) is 273 Å². The molecule has 0 amide bonds. The Balaban J connectivity index is 1.09. The molecular formula is C70H52F12N2O4. The molecule has 450 valence electrons. The molecule has 1 aliphatic heterocycles. The van der Waals surface area contributed by atoms with E-state index >= 15 is 0 Å². The van der Waals surface area contributed by atoms with Gasteiger partial charge in [-0.3, -0.25) is 0 Å². The normalized spacial score (nSPS) is 15.3. The van der Waals surface area contributed by atoms with Crippen molar-refractivity contribution in [2.75, 3.05) is 13.2 Å². The van der Waals surface area contributed by atoms with Gasteiger partial charge in [-0.15, -0.1) is 0 Å². The lowest BCUT2D eigenvalue weighted by Gasteiger charge is -2.32. The van der Waals surface area contributed by atoms with Gasteiger partial charge in [-0.05, 0) is 165 Å². The van der Waals surface area contributed by atoms with E-state index in [1.807, 2.05) is 72.8 Å². The van der Waals surface area contributed by atoms with Crippen LogP contribution in [0, 0.1) is 0 Å². The predicted molar refractivity (Wildman–Crippen MR) is 311 cm³/mol. The molecule has 88 heavy (non-hydrogen) atoms. The Morgan fingerprint density at radius 2 is 0.636 bits per heavy atom. The van der Waals surface area contributed by atoms with Gasteiger partial charge >= 0.3 is 24.7 Å². The summed E-state index contributed by atoms with van der Waals surface area (Å²) in [7, 11) is 0. The molecule has 0 bridgehead atoms. The Morgan fingerprint density at radius 1 is 0.307 bits per heavy atom. The van der Waals surface area contributed by atoms with Crippen LogP contribution in [0.5, 0.6) is 11.5 Å². The summed E-state index contributed by atoms with van der Waals surface area (Å²) in [6.45, 7) is 0.367. The lowest BCUT2D eigenvalue weighted by molar-refractivity contribution is -0.144. The van der Waals surface area contributed by atoms with Gasteiger partial charge in [0.25, 0.3) is 0 Å². The van der Waals surface area contributed by atoms with Crippen molar-refractivity contribution in [2.24, 2.45) is 10.2 Å². The van der Waals surface area contributed by atoms with Crippen molar-refractivity contribution < 1.29 is 72.4 Å². The molecule has 2 N–H and O–H groups in total. The molecule has 1 heterocycles. The molecule has 10 aromatic carbocycles. The molecule has 0 saturated carbocycles. The average Bonchev–Trinajstić information content (AvgIpc) is 0.880. The van der Waals surface area contributed by atoms with Crippen LogP contribution in [0.3, 0.4) is 0 Å². The maximum atomic E-state index is 14.6. The molecular weight excluding hydrogens is 1160 g/mol. The molecule has 0 fully saturated rings. The van der Waals surface area contributed by atoms with E-state index in [4.69, 9.17) is 9.47 Å². The molecule has 2 unspecified atom stereocenters. The van der Waals surface area contributed by atoms with Crippen LogP contribution in [0.4, 0.5) is 64.1 Å². The largest absolute Gasteiger partial charge is 0.493 e. The fraction of sp³-hybridized carbons (Fsp3) is 0.200. The third-order valence-electron chi connectivity index (χ3n) is 15.9. The van der Waals surface area contributed by atoms with Gasteiger partial charge in [-0.25, -0.2) is 0 Å². The van der Waals surface area contributed by atoms with E-state index in [0.717, 1.165) is 32.7 Å². The first-order valence-corrected chi connectivity index (χ1v) is 28.0.